The molecule has 0 saturated carbocycles. The number of nitrogens with one attached hydrogen (secondary N) is 1. The molecular weight excluding hydrogens is 284 g/mol. The van der Waals surface area contributed by atoms with Crippen LogP contribution in [0.1, 0.15) is 20.7 Å². The molecule has 0 unspecified atom stereocenters. The Balaban J connectivity index is 1.85. The number of rotatable bonds is 3. The number of fused-ring (bicyclic) bond motifs is 1. The van der Waals surface area contributed by atoms with E-state index in [9.17, 15) is 9.59 Å². The molecule has 0 bridgehead atoms. The van der Waals surface area contributed by atoms with Crippen molar-refractivity contribution in [3.8, 4) is 11.5 Å². The Morgan fingerprint density at radius 2 is 1.73 bits per heavy atom. The fraction of sp³-hybridized carbons (Fsp3) is 0.125. The minimum absolute atomic E-state index is 0.258. The lowest BCUT2D eigenvalue weighted by atomic mass is 10.1. The second-order valence-electron chi connectivity index (χ2n) is 4.72. The van der Waals surface area contributed by atoms with E-state index in [2.05, 4.69) is 5.32 Å². The molecule has 3 N–H and O–H groups in total. The number of nitrogens with two attached hydrogens (primary N) is 1. The summed E-state index contributed by atoms with van der Waals surface area (Å²) in [6.45, 7) is 0.938. The lowest BCUT2D eigenvalue weighted by molar-refractivity contribution is 0.100. The zero-order chi connectivity index (χ0) is 15.5. The number of amides is 2. The Morgan fingerprint density at radius 1 is 1.00 bits per heavy atom. The standard InChI is InChI=1S/C16H14N2O4/c17-15(19)11-3-1-2-4-12(11)18-16(20)10-5-6-13-14(9-10)22-8-7-21-13/h1-6,9H,7-8H2,(H2,17,19)(H,18,20). The lowest BCUT2D eigenvalue weighted by Gasteiger charge is -2.18. The van der Waals surface area contributed by atoms with Gasteiger partial charge in [0.05, 0.1) is 11.3 Å². The van der Waals surface area contributed by atoms with Crippen molar-refractivity contribution in [3.05, 3.63) is 53.6 Å². The maximum atomic E-state index is 12.3. The average molecular weight is 298 g/mol. The maximum absolute atomic E-state index is 12.3. The van der Waals surface area contributed by atoms with E-state index in [0.717, 1.165) is 0 Å². The highest BCUT2D eigenvalue weighted by Crippen LogP contribution is 2.31. The molecule has 112 valence electrons. The van der Waals surface area contributed by atoms with Crippen LogP contribution >= 0.6 is 0 Å². The molecule has 1 aliphatic heterocycles. The smallest absolute Gasteiger partial charge is 0.255 e. The number of hydrogen-bond donors (Lipinski definition) is 2. The van der Waals surface area contributed by atoms with Crippen molar-refractivity contribution in [2.75, 3.05) is 18.5 Å². The van der Waals surface area contributed by atoms with Gasteiger partial charge in [-0.15, -0.1) is 0 Å². The topological polar surface area (TPSA) is 90.7 Å². The Kier molecular flexibility index (Phi) is 3.65. The van der Waals surface area contributed by atoms with Gasteiger partial charge >= 0.3 is 0 Å². The summed E-state index contributed by atoms with van der Waals surface area (Å²) in [6.07, 6.45) is 0. The summed E-state index contributed by atoms with van der Waals surface area (Å²) in [5.41, 5.74) is 6.33. The molecule has 0 saturated heterocycles. The molecule has 2 aromatic carbocycles. The monoisotopic (exact) mass is 298 g/mol. The first-order valence-electron chi connectivity index (χ1n) is 6.75. The minimum Gasteiger partial charge on any atom is -0.486 e. The van der Waals surface area contributed by atoms with Gasteiger partial charge in [0.1, 0.15) is 13.2 Å². The van der Waals surface area contributed by atoms with Crippen LogP contribution in [0.4, 0.5) is 5.69 Å². The Labute approximate surface area is 126 Å². The fourth-order valence-electron chi connectivity index (χ4n) is 2.19. The molecule has 0 atom stereocenters. The van der Waals surface area contributed by atoms with E-state index < -0.39 is 5.91 Å². The predicted octanol–water partition coefficient (Wildman–Crippen LogP) is 1.81. The molecule has 0 spiro atoms. The van der Waals surface area contributed by atoms with Crippen LogP contribution in [0.2, 0.25) is 0 Å². The van der Waals surface area contributed by atoms with Gasteiger partial charge in [-0.25, -0.2) is 0 Å². The zero-order valence-electron chi connectivity index (χ0n) is 11.7. The number of hydrogen-bond acceptors (Lipinski definition) is 4. The van der Waals surface area contributed by atoms with Gasteiger partial charge in [-0.2, -0.15) is 0 Å². The summed E-state index contributed by atoms with van der Waals surface area (Å²) in [6, 6.07) is 11.5. The first-order chi connectivity index (χ1) is 10.6. The van der Waals surface area contributed by atoms with E-state index in [4.69, 9.17) is 15.2 Å². The first kappa shape index (κ1) is 13.9. The number of benzene rings is 2. The number of anilines is 1. The van der Waals surface area contributed by atoms with Crippen LogP contribution in [-0.2, 0) is 0 Å². The summed E-state index contributed by atoms with van der Waals surface area (Å²) in [5, 5.41) is 2.68. The highest BCUT2D eigenvalue weighted by atomic mass is 16.6. The number of primary amides is 1. The quantitative estimate of drug-likeness (QED) is 0.904. The van der Waals surface area contributed by atoms with Crippen LogP contribution in [0.25, 0.3) is 0 Å². The van der Waals surface area contributed by atoms with E-state index in [0.29, 0.717) is 36.0 Å². The minimum atomic E-state index is -0.599. The van der Waals surface area contributed by atoms with Crippen LogP contribution in [-0.4, -0.2) is 25.0 Å². The van der Waals surface area contributed by atoms with Gasteiger partial charge in [0, 0.05) is 5.56 Å². The Hall–Kier alpha value is -3.02. The normalized spacial score (nSPS) is 12.5. The largest absolute Gasteiger partial charge is 0.486 e. The van der Waals surface area contributed by atoms with Gasteiger partial charge in [0.15, 0.2) is 11.5 Å². The molecule has 0 aromatic heterocycles. The van der Waals surface area contributed by atoms with Crippen LogP contribution in [0.3, 0.4) is 0 Å². The van der Waals surface area contributed by atoms with Crippen LogP contribution < -0.4 is 20.5 Å². The summed E-state index contributed by atoms with van der Waals surface area (Å²) in [5.74, 6) is 0.186. The molecule has 2 aromatic rings. The van der Waals surface area contributed by atoms with Gasteiger partial charge in [0.25, 0.3) is 11.8 Å². The van der Waals surface area contributed by atoms with Gasteiger partial charge < -0.3 is 20.5 Å². The van der Waals surface area contributed by atoms with Crippen molar-refractivity contribution in [1.29, 1.82) is 0 Å². The zero-order valence-corrected chi connectivity index (χ0v) is 11.7. The van der Waals surface area contributed by atoms with Crippen LogP contribution in [0.15, 0.2) is 42.5 Å². The molecule has 1 heterocycles. The van der Waals surface area contributed by atoms with E-state index in [1.165, 1.54) is 0 Å². The molecule has 1 aliphatic rings. The third kappa shape index (κ3) is 2.71. The van der Waals surface area contributed by atoms with E-state index >= 15 is 0 Å². The molecule has 2 amide bonds. The van der Waals surface area contributed by atoms with Gasteiger partial charge in [-0.1, -0.05) is 12.1 Å². The lowest BCUT2D eigenvalue weighted by Crippen LogP contribution is -2.19. The van der Waals surface area contributed by atoms with E-state index in [1.54, 1.807) is 42.5 Å². The van der Waals surface area contributed by atoms with Crippen molar-refractivity contribution in [3.63, 3.8) is 0 Å². The Morgan fingerprint density at radius 3 is 2.50 bits per heavy atom. The van der Waals surface area contributed by atoms with Crippen molar-refractivity contribution < 1.29 is 19.1 Å². The van der Waals surface area contributed by atoms with E-state index in [1.807, 2.05) is 0 Å². The molecule has 0 fully saturated rings. The highest BCUT2D eigenvalue weighted by Gasteiger charge is 2.16. The summed E-state index contributed by atoms with van der Waals surface area (Å²) in [7, 11) is 0. The third-order valence-electron chi connectivity index (χ3n) is 3.25. The molecule has 6 nitrogen and oxygen atoms in total. The van der Waals surface area contributed by atoms with Gasteiger partial charge in [-0.3, -0.25) is 9.59 Å². The summed E-state index contributed by atoms with van der Waals surface area (Å²) < 4.78 is 10.9. The average Bonchev–Trinajstić information content (AvgIpc) is 2.54. The van der Waals surface area contributed by atoms with Crippen LogP contribution in [0, 0.1) is 0 Å². The molecular formula is C16H14N2O4. The summed E-state index contributed by atoms with van der Waals surface area (Å²) >= 11 is 0. The third-order valence-corrected chi connectivity index (χ3v) is 3.25. The molecule has 3 rings (SSSR count). The number of carbonyl (C=O) groups is 2. The van der Waals surface area contributed by atoms with Gasteiger partial charge in [-0.05, 0) is 30.3 Å². The Bertz CT molecular complexity index is 743. The SMILES string of the molecule is NC(=O)c1ccccc1NC(=O)c1ccc2c(c1)OCCO2. The summed E-state index contributed by atoms with van der Waals surface area (Å²) in [4.78, 5) is 23.7. The van der Waals surface area contributed by atoms with Gasteiger partial charge in [0.2, 0.25) is 0 Å². The number of ether oxygens (including phenoxy) is 2. The maximum Gasteiger partial charge on any atom is 0.255 e. The van der Waals surface area contributed by atoms with Crippen molar-refractivity contribution >= 4 is 17.5 Å². The highest BCUT2D eigenvalue weighted by molar-refractivity contribution is 6.08. The number of carbonyl (C=O) groups excluding carboxylic acids is 2. The van der Waals surface area contributed by atoms with Crippen molar-refractivity contribution in [2.45, 2.75) is 0 Å². The molecule has 0 aliphatic carbocycles. The second kappa shape index (κ2) is 5.77. The fourth-order valence-corrected chi connectivity index (χ4v) is 2.19. The van der Waals surface area contributed by atoms with E-state index in [-0.39, 0.29) is 11.5 Å². The van der Waals surface area contributed by atoms with Crippen molar-refractivity contribution in [1.82, 2.24) is 0 Å². The van der Waals surface area contributed by atoms with Crippen LogP contribution in [0.5, 0.6) is 11.5 Å². The molecule has 0 radical (unpaired) electrons. The predicted molar refractivity (Wildman–Crippen MR) is 80.3 cm³/mol. The molecule has 6 heteroatoms. The second-order valence-corrected chi connectivity index (χ2v) is 4.72. The number of para-hydroxylation sites is 1. The molecule has 22 heavy (non-hydrogen) atoms. The van der Waals surface area contributed by atoms with Crippen molar-refractivity contribution in [2.24, 2.45) is 5.73 Å². The first-order valence-corrected chi connectivity index (χ1v) is 6.75.